The molecule has 14 heavy (non-hydrogen) atoms. The summed E-state index contributed by atoms with van der Waals surface area (Å²) in [5.41, 5.74) is 0.908. The number of ether oxygens (including phenoxy) is 1. The molecule has 3 heteroatoms. The standard InChI is InChI=1S/C11H13NO2/c1-8(13)14-11-5-3-2-4-10(11)12-9-6-7-9/h2-5,9,12H,6-7H2,1H3. The molecule has 0 atom stereocenters. The molecule has 0 aliphatic heterocycles. The van der Waals surface area contributed by atoms with Crippen molar-refractivity contribution in [2.75, 3.05) is 5.32 Å². The molecular formula is C11H13NO2. The van der Waals surface area contributed by atoms with Crippen LogP contribution in [0, 0.1) is 0 Å². The summed E-state index contributed by atoms with van der Waals surface area (Å²) < 4.78 is 5.07. The number of anilines is 1. The monoisotopic (exact) mass is 191 g/mol. The van der Waals surface area contributed by atoms with E-state index in [1.54, 1.807) is 6.07 Å². The Morgan fingerprint density at radius 3 is 2.79 bits per heavy atom. The molecule has 0 radical (unpaired) electrons. The minimum atomic E-state index is -0.282. The van der Waals surface area contributed by atoms with E-state index < -0.39 is 0 Å². The third-order valence-electron chi connectivity index (χ3n) is 2.08. The third-order valence-corrected chi connectivity index (χ3v) is 2.08. The van der Waals surface area contributed by atoms with Gasteiger partial charge in [0.1, 0.15) is 0 Å². The molecule has 0 spiro atoms. The zero-order valence-corrected chi connectivity index (χ0v) is 8.12. The second-order valence-corrected chi connectivity index (χ2v) is 3.51. The largest absolute Gasteiger partial charge is 0.425 e. The summed E-state index contributed by atoms with van der Waals surface area (Å²) in [5, 5.41) is 3.31. The van der Waals surface area contributed by atoms with Crippen LogP contribution in [-0.2, 0) is 4.79 Å². The molecule has 74 valence electrons. The van der Waals surface area contributed by atoms with E-state index >= 15 is 0 Å². The van der Waals surface area contributed by atoms with Crippen LogP contribution in [-0.4, -0.2) is 12.0 Å². The van der Waals surface area contributed by atoms with Crippen molar-refractivity contribution in [3.8, 4) is 5.75 Å². The maximum atomic E-state index is 10.8. The molecule has 0 aromatic heterocycles. The van der Waals surface area contributed by atoms with E-state index in [1.165, 1.54) is 19.8 Å². The fourth-order valence-electron chi connectivity index (χ4n) is 1.28. The highest BCUT2D eigenvalue weighted by Crippen LogP contribution is 2.30. The van der Waals surface area contributed by atoms with Gasteiger partial charge in [0.05, 0.1) is 5.69 Å². The molecular weight excluding hydrogens is 178 g/mol. The second-order valence-electron chi connectivity index (χ2n) is 3.51. The lowest BCUT2D eigenvalue weighted by atomic mass is 10.3. The molecule has 1 aliphatic rings. The number of hydrogen-bond acceptors (Lipinski definition) is 3. The van der Waals surface area contributed by atoms with Gasteiger partial charge < -0.3 is 10.1 Å². The van der Waals surface area contributed by atoms with Crippen molar-refractivity contribution in [3.05, 3.63) is 24.3 Å². The van der Waals surface area contributed by atoms with Crippen molar-refractivity contribution >= 4 is 11.7 Å². The third kappa shape index (κ3) is 2.25. The molecule has 1 aliphatic carbocycles. The van der Waals surface area contributed by atoms with Gasteiger partial charge in [-0.2, -0.15) is 0 Å². The van der Waals surface area contributed by atoms with Crippen LogP contribution in [0.3, 0.4) is 0 Å². The lowest BCUT2D eigenvalue weighted by Crippen LogP contribution is -2.07. The second kappa shape index (κ2) is 3.70. The van der Waals surface area contributed by atoms with Gasteiger partial charge in [-0.3, -0.25) is 4.79 Å². The van der Waals surface area contributed by atoms with Crippen LogP contribution in [0.5, 0.6) is 5.75 Å². The van der Waals surface area contributed by atoms with E-state index in [2.05, 4.69) is 5.32 Å². The molecule has 0 saturated heterocycles. The number of hydrogen-bond donors (Lipinski definition) is 1. The lowest BCUT2D eigenvalue weighted by Gasteiger charge is -2.09. The summed E-state index contributed by atoms with van der Waals surface area (Å²) in [5.74, 6) is 0.335. The first-order valence-corrected chi connectivity index (χ1v) is 4.79. The van der Waals surface area contributed by atoms with Gasteiger partial charge in [0.25, 0.3) is 0 Å². The summed E-state index contributed by atoms with van der Waals surface area (Å²) in [6.07, 6.45) is 2.41. The van der Waals surface area contributed by atoms with E-state index in [0.29, 0.717) is 11.8 Å². The van der Waals surface area contributed by atoms with Gasteiger partial charge in [-0.1, -0.05) is 12.1 Å². The average Bonchev–Trinajstić information content (AvgIpc) is 2.91. The Bertz CT molecular complexity index is 345. The number of carbonyl (C=O) groups excluding carboxylic acids is 1. The molecule has 0 heterocycles. The molecule has 1 N–H and O–H groups in total. The molecule has 1 aromatic rings. The summed E-state index contributed by atoms with van der Waals surface area (Å²) >= 11 is 0. The van der Waals surface area contributed by atoms with Crippen LogP contribution in [0.4, 0.5) is 5.69 Å². The molecule has 0 bridgehead atoms. The molecule has 3 nitrogen and oxygen atoms in total. The minimum absolute atomic E-state index is 0.282. The van der Waals surface area contributed by atoms with E-state index in [0.717, 1.165) is 5.69 Å². The highest BCUT2D eigenvalue weighted by molar-refractivity contribution is 5.72. The summed E-state index contributed by atoms with van der Waals surface area (Å²) in [4.78, 5) is 10.8. The van der Waals surface area contributed by atoms with Crippen LogP contribution in [0.2, 0.25) is 0 Å². The first kappa shape index (κ1) is 9.06. The van der Waals surface area contributed by atoms with Crippen LogP contribution < -0.4 is 10.1 Å². The van der Waals surface area contributed by atoms with E-state index in [9.17, 15) is 4.79 Å². The van der Waals surface area contributed by atoms with Gasteiger partial charge in [0, 0.05) is 13.0 Å². The number of para-hydroxylation sites is 2. The highest BCUT2D eigenvalue weighted by Gasteiger charge is 2.22. The molecule has 0 amide bonds. The summed E-state index contributed by atoms with van der Waals surface area (Å²) in [7, 11) is 0. The molecule has 1 saturated carbocycles. The Balaban J connectivity index is 2.14. The Hall–Kier alpha value is -1.51. The Morgan fingerprint density at radius 2 is 2.14 bits per heavy atom. The van der Waals surface area contributed by atoms with Crippen LogP contribution in [0.1, 0.15) is 19.8 Å². The van der Waals surface area contributed by atoms with Crippen LogP contribution in [0.25, 0.3) is 0 Å². The van der Waals surface area contributed by atoms with Gasteiger partial charge in [-0.15, -0.1) is 0 Å². The Labute approximate surface area is 83.1 Å². The number of esters is 1. The number of rotatable bonds is 3. The summed E-state index contributed by atoms with van der Waals surface area (Å²) in [6.45, 7) is 1.41. The van der Waals surface area contributed by atoms with Crippen LogP contribution >= 0.6 is 0 Å². The average molecular weight is 191 g/mol. The molecule has 1 aromatic carbocycles. The number of nitrogens with one attached hydrogen (secondary N) is 1. The zero-order chi connectivity index (χ0) is 9.97. The van der Waals surface area contributed by atoms with Gasteiger partial charge in [0.2, 0.25) is 0 Å². The predicted molar refractivity (Wildman–Crippen MR) is 54.4 cm³/mol. The first-order valence-electron chi connectivity index (χ1n) is 4.79. The Morgan fingerprint density at radius 1 is 1.43 bits per heavy atom. The van der Waals surface area contributed by atoms with Crippen molar-refractivity contribution in [3.63, 3.8) is 0 Å². The normalized spacial score (nSPS) is 14.9. The first-order chi connectivity index (χ1) is 6.75. The topological polar surface area (TPSA) is 38.3 Å². The van der Waals surface area contributed by atoms with E-state index in [1.807, 2.05) is 18.2 Å². The van der Waals surface area contributed by atoms with Gasteiger partial charge in [-0.05, 0) is 25.0 Å². The van der Waals surface area contributed by atoms with Crippen molar-refractivity contribution < 1.29 is 9.53 Å². The molecule has 0 unspecified atom stereocenters. The number of carbonyl (C=O) groups is 1. The lowest BCUT2D eigenvalue weighted by molar-refractivity contribution is -0.131. The van der Waals surface area contributed by atoms with Gasteiger partial charge in [-0.25, -0.2) is 0 Å². The zero-order valence-electron chi connectivity index (χ0n) is 8.12. The Kier molecular flexibility index (Phi) is 2.39. The predicted octanol–water partition coefficient (Wildman–Crippen LogP) is 2.19. The van der Waals surface area contributed by atoms with E-state index in [4.69, 9.17) is 4.74 Å². The fourth-order valence-corrected chi connectivity index (χ4v) is 1.28. The van der Waals surface area contributed by atoms with Crippen molar-refractivity contribution in [2.45, 2.75) is 25.8 Å². The summed E-state index contributed by atoms with van der Waals surface area (Å²) in [6, 6.07) is 8.07. The number of benzene rings is 1. The maximum absolute atomic E-state index is 10.8. The van der Waals surface area contributed by atoms with E-state index in [-0.39, 0.29) is 5.97 Å². The van der Waals surface area contributed by atoms with Gasteiger partial charge >= 0.3 is 5.97 Å². The smallest absolute Gasteiger partial charge is 0.308 e. The quantitative estimate of drug-likeness (QED) is 0.588. The SMILES string of the molecule is CC(=O)Oc1ccccc1NC1CC1. The maximum Gasteiger partial charge on any atom is 0.308 e. The van der Waals surface area contributed by atoms with Crippen LogP contribution in [0.15, 0.2) is 24.3 Å². The highest BCUT2D eigenvalue weighted by atomic mass is 16.5. The van der Waals surface area contributed by atoms with Crippen molar-refractivity contribution in [1.82, 2.24) is 0 Å². The van der Waals surface area contributed by atoms with Gasteiger partial charge in [0.15, 0.2) is 5.75 Å². The fraction of sp³-hybridized carbons (Fsp3) is 0.364. The molecule has 2 rings (SSSR count). The van der Waals surface area contributed by atoms with Crippen molar-refractivity contribution in [2.24, 2.45) is 0 Å². The van der Waals surface area contributed by atoms with Crippen molar-refractivity contribution in [1.29, 1.82) is 0 Å². The minimum Gasteiger partial charge on any atom is -0.425 e. The molecule has 1 fully saturated rings.